The highest BCUT2D eigenvalue weighted by Crippen LogP contribution is 2.39. The van der Waals surface area contributed by atoms with Gasteiger partial charge in [0.1, 0.15) is 9.79 Å². The zero-order valence-corrected chi connectivity index (χ0v) is 11.4. The van der Waals surface area contributed by atoms with Crippen molar-refractivity contribution in [2.24, 2.45) is 0 Å². The summed E-state index contributed by atoms with van der Waals surface area (Å²) in [6.45, 7) is 0. The molecule has 2 aromatic rings. The second-order valence-corrected chi connectivity index (χ2v) is 6.70. The monoisotopic (exact) mass is 318 g/mol. The molecular weight excluding hydrogens is 308 g/mol. The predicted molar refractivity (Wildman–Crippen MR) is 72.4 cm³/mol. The van der Waals surface area contributed by atoms with Crippen LogP contribution < -0.4 is 11.5 Å². The number of fused-ring (bicyclic) bond motifs is 1. The lowest BCUT2D eigenvalue weighted by molar-refractivity contribution is 0.468. The van der Waals surface area contributed by atoms with E-state index in [1.54, 1.807) is 0 Å². The average Bonchev–Trinajstić information content (AvgIpc) is 2.30. The fourth-order valence-corrected chi connectivity index (χ4v) is 4.10. The van der Waals surface area contributed by atoms with Crippen molar-refractivity contribution in [1.29, 1.82) is 0 Å². The molecule has 0 fully saturated rings. The Balaban J connectivity index is 3.27. The van der Waals surface area contributed by atoms with Gasteiger partial charge in [-0.05, 0) is 0 Å². The van der Waals surface area contributed by atoms with Crippen LogP contribution in [0.2, 0.25) is 0 Å². The van der Waals surface area contributed by atoms with Crippen molar-refractivity contribution in [2.75, 3.05) is 11.5 Å². The van der Waals surface area contributed by atoms with Crippen LogP contribution in [-0.4, -0.2) is 25.9 Å². The summed E-state index contributed by atoms with van der Waals surface area (Å²) in [5.41, 5.74) is 10.3. The van der Waals surface area contributed by atoms with Crippen LogP contribution >= 0.6 is 0 Å². The highest BCUT2D eigenvalue weighted by molar-refractivity contribution is 7.89. The fraction of sp³-hybridized carbons (Fsp3) is 0. The number of nitrogen functional groups attached to an aromatic ring is 2. The van der Waals surface area contributed by atoms with Crippen molar-refractivity contribution < 1.29 is 25.9 Å². The van der Waals surface area contributed by atoms with E-state index in [-0.39, 0.29) is 16.5 Å². The van der Waals surface area contributed by atoms with E-state index in [0.29, 0.717) is 0 Å². The second-order valence-electron chi connectivity index (χ2n) is 3.98. The maximum atomic E-state index is 11.5. The van der Waals surface area contributed by atoms with Crippen LogP contribution in [0.4, 0.5) is 11.4 Å². The quantitative estimate of drug-likeness (QED) is 0.459. The Kier molecular flexibility index (Phi) is 3.13. The zero-order valence-electron chi connectivity index (χ0n) is 9.81. The normalized spacial score (nSPS) is 12.7. The summed E-state index contributed by atoms with van der Waals surface area (Å²) >= 11 is 0. The molecule has 0 heterocycles. The molecule has 8 nitrogen and oxygen atoms in total. The molecular formula is C10H10N2O6S2. The van der Waals surface area contributed by atoms with Crippen molar-refractivity contribution in [2.45, 2.75) is 9.79 Å². The minimum atomic E-state index is -5.01. The van der Waals surface area contributed by atoms with Crippen LogP contribution in [0.25, 0.3) is 10.8 Å². The van der Waals surface area contributed by atoms with Crippen molar-refractivity contribution in [3.63, 3.8) is 0 Å². The van der Waals surface area contributed by atoms with Gasteiger partial charge >= 0.3 is 0 Å². The smallest absolute Gasteiger partial charge is 0.298 e. The Bertz CT molecular complexity index is 918. The molecule has 0 aliphatic rings. The van der Waals surface area contributed by atoms with Crippen LogP contribution in [0.1, 0.15) is 0 Å². The molecule has 0 aromatic heterocycles. The van der Waals surface area contributed by atoms with Crippen molar-refractivity contribution in [3.05, 3.63) is 24.3 Å². The van der Waals surface area contributed by atoms with Gasteiger partial charge in [-0.25, -0.2) is 0 Å². The van der Waals surface area contributed by atoms with Crippen molar-refractivity contribution >= 4 is 42.4 Å². The van der Waals surface area contributed by atoms with E-state index in [0.717, 1.165) is 0 Å². The van der Waals surface area contributed by atoms with E-state index in [2.05, 4.69) is 0 Å². The lowest BCUT2D eigenvalue weighted by Crippen LogP contribution is -2.14. The molecule has 0 aliphatic heterocycles. The lowest BCUT2D eigenvalue weighted by atomic mass is 10.1. The van der Waals surface area contributed by atoms with Gasteiger partial charge in [0.25, 0.3) is 20.2 Å². The first-order valence-electron chi connectivity index (χ1n) is 5.09. The Morgan fingerprint density at radius 2 is 1.20 bits per heavy atom. The Hall–Kier alpha value is -1.88. The average molecular weight is 318 g/mol. The molecule has 0 saturated heterocycles. The molecule has 2 aromatic carbocycles. The maximum absolute atomic E-state index is 11.5. The SMILES string of the molecule is Nc1c(S(=O)(=O)O)c(S(=O)(=O)O)c2ccccc2c1N. The lowest BCUT2D eigenvalue weighted by Gasteiger charge is -2.14. The van der Waals surface area contributed by atoms with E-state index in [9.17, 15) is 21.4 Å². The second kappa shape index (κ2) is 4.31. The van der Waals surface area contributed by atoms with E-state index in [1.807, 2.05) is 0 Å². The third kappa shape index (κ3) is 2.18. The largest absolute Gasteiger partial charge is 0.397 e. The number of anilines is 2. The highest BCUT2D eigenvalue weighted by atomic mass is 32.2. The van der Waals surface area contributed by atoms with Gasteiger partial charge in [-0.2, -0.15) is 16.8 Å². The molecule has 10 heteroatoms. The topological polar surface area (TPSA) is 161 Å². The molecule has 6 N–H and O–H groups in total. The van der Waals surface area contributed by atoms with E-state index in [4.69, 9.17) is 16.0 Å². The van der Waals surface area contributed by atoms with Crippen molar-refractivity contribution in [1.82, 2.24) is 0 Å². The zero-order chi connectivity index (χ0) is 15.3. The van der Waals surface area contributed by atoms with Gasteiger partial charge in [-0.1, -0.05) is 24.3 Å². The number of hydrogen-bond donors (Lipinski definition) is 4. The summed E-state index contributed by atoms with van der Waals surface area (Å²) in [4.78, 5) is -2.13. The number of benzene rings is 2. The molecule has 0 atom stereocenters. The van der Waals surface area contributed by atoms with Crippen LogP contribution in [-0.2, 0) is 20.2 Å². The van der Waals surface area contributed by atoms with E-state index >= 15 is 0 Å². The third-order valence-electron chi connectivity index (χ3n) is 2.72. The van der Waals surface area contributed by atoms with E-state index < -0.39 is 35.7 Å². The van der Waals surface area contributed by atoms with Gasteiger partial charge in [-0.15, -0.1) is 0 Å². The van der Waals surface area contributed by atoms with Gasteiger partial charge in [0.05, 0.1) is 11.4 Å². The molecule has 0 aliphatic carbocycles. The fourth-order valence-electron chi connectivity index (χ4n) is 1.94. The Morgan fingerprint density at radius 3 is 1.65 bits per heavy atom. The molecule has 0 spiro atoms. The van der Waals surface area contributed by atoms with Gasteiger partial charge in [0.15, 0.2) is 0 Å². The summed E-state index contributed by atoms with van der Waals surface area (Å²) in [5.74, 6) is 0. The summed E-state index contributed by atoms with van der Waals surface area (Å²) < 4.78 is 64.1. The first-order chi connectivity index (χ1) is 9.05. The van der Waals surface area contributed by atoms with Crippen LogP contribution in [0.5, 0.6) is 0 Å². The van der Waals surface area contributed by atoms with Gasteiger partial charge < -0.3 is 11.5 Å². The Labute approximate surface area is 114 Å². The molecule has 0 unspecified atom stereocenters. The first-order valence-corrected chi connectivity index (χ1v) is 7.97. The van der Waals surface area contributed by atoms with Gasteiger partial charge in [0, 0.05) is 10.8 Å². The van der Waals surface area contributed by atoms with Crippen LogP contribution in [0, 0.1) is 0 Å². The highest BCUT2D eigenvalue weighted by Gasteiger charge is 2.31. The van der Waals surface area contributed by atoms with E-state index in [1.165, 1.54) is 24.3 Å². The third-order valence-corrected chi connectivity index (χ3v) is 4.73. The van der Waals surface area contributed by atoms with Gasteiger partial charge in [-0.3, -0.25) is 9.11 Å². The van der Waals surface area contributed by atoms with Gasteiger partial charge in [0.2, 0.25) is 0 Å². The molecule has 0 amide bonds. The molecule has 108 valence electrons. The summed E-state index contributed by atoms with van der Waals surface area (Å²) in [6.07, 6.45) is 0. The van der Waals surface area contributed by atoms with Crippen LogP contribution in [0.3, 0.4) is 0 Å². The minimum Gasteiger partial charge on any atom is -0.397 e. The molecule has 0 radical (unpaired) electrons. The number of hydrogen-bond acceptors (Lipinski definition) is 6. The molecule has 20 heavy (non-hydrogen) atoms. The standard InChI is InChI=1S/C10H10N2O6S2/c11-7-5-3-1-2-4-6(5)9(19(13,14)15)10(8(7)12)20(16,17)18/h1-4H,11-12H2,(H,13,14,15)(H,16,17,18). The first kappa shape index (κ1) is 14.5. The Morgan fingerprint density at radius 1 is 0.750 bits per heavy atom. The predicted octanol–water partition coefficient (Wildman–Crippen LogP) is 0.498. The maximum Gasteiger partial charge on any atom is 0.298 e. The van der Waals surface area contributed by atoms with Crippen molar-refractivity contribution in [3.8, 4) is 0 Å². The number of rotatable bonds is 2. The number of nitrogens with two attached hydrogens (primary N) is 2. The molecule has 0 saturated carbocycles. The summed E-state index contributed by atoms with van der Waals surface area (Å²) in [6, 6.07) is 5.59. The molecule has 2 rings (SSSR count). The molecule has 0 bridgehead atoms. The summed E-state index contributed by atoms with van der Waals surface area (Å²) in [7, 11) is -9.96. The van der Waals surface area contributed by atoms with Crippen LogP contribution in [0.15, 0.2) is 34.1 Å². The summed E-state index contributed by atoms with van der Waals surface area (Å²) in [5, 5.41) is -0.0145. The minimum absolute atomic E-state index is 0.144.